The number of hydrogen-bond donors (Lipinski definition) is 2. The number of amides is 1. The summed E-state index contributed by atoms with van der Waals surface area (Å²) in [5.41, 5.74) is 0.243. The Kier molecular flexibility index (Phi) is 4.91. The fourth-order valence-electron chi connectivity index (χ4n) is 1.75. The highest BCUT2D eigenvalue weighted by Crippen LogP contribution is 2.21. The van der Waals surface area contributed by atoms with Crippen LogP contribution in [0.5, 0.6) is 0 Å². The molecule has 2 rings (SSSR count). The molecule has 2 N–H and O–H groups in total. The van der Waals surface area contributed by atoms with Crippen molar-refractivity contribution in [2.45, 2.75) is 0 Å². The lowest BCUT2D eigenvalue weighted by Gasteiger charge is -2.07. The molecule has 0 fully saturated rings. The first-order chi connectivity index (χ1) is 10.5. The zero-order valence-electron chi connectivity index (χ0n) is 11.2. The fourth-order valence-corrected chi connectivity index (χ4v) is 1.92. The number of rotatable bonds is 4. The molecule has 0 saturated carbocycles. The van der Waals surface area contributed by atoms with E-state index < -0.39 is 17.7 Å². The van der Waals surface area contributed by atoms with Crippen LogP contribution in [0.1, 0.15) is 15.9 Å². The van der Waals surface area contributed by atoms with Crippen molar-refractivity contribution < 1.29 is 19.1 Å². The molecule has 112 valence electrons. The summed E-state index contributed by atoms with van der Waals surface area (Å²) in [5.74, 6) is -2.24. The highest BCUT2D eigenvalue weighted by molar-refractivity contribution is 6.31. The molecule has 2 aromatic rings. The number of nitrogens with one attached hydrogen (secondary N) is 1. The van der Waals surface area contributed by atoms with E-state index in [1.54, 1.807) is 12.1 Å². The minimum atomic E-state index is -1.21. The zero-order valence-corrected chi connectivity index (χ0v) is 12.0. The van der Waals surface area contributed by atoms with Gasteiger partial charge < -0.3 is 10.4 Å². The van der Waals surface area contributed by atoms with E-state index in [1.165, 1.54) is 36.4 Å². The number of carboxylic acids is 1. The number of benzene rings is 2. The second-order valence-electron chi connectivity index (χ2n) is 4.34. The standard InChI is InChI=1S/C16H11ClFNO3/c17-11-6-7-14(12(9-11)16(21)22)19-15(20)8-5-10-3-1-2-4-13(10)18/h1-9H,(H,19,20)(H,21,22). The lowest BCUT2D eigenvalue weighted by molar-refractivity contribution is -0.111. The molecule has 6 heteroatoms. The Morgan fingerprint density at radius 2 is 1.91 bits per heavy atom. The Morgan fingerprint density at radius 3 is 2.59 bits per heavy atom. The summed E-state index contributed by atoms with van der Waals surface area (Å²) in [6, 6.07) is 10.1. The maximum atomic E-state index is 13.4. The molecule has 0 spiro atoms. The average molecular weight is 320 g/mol. The summed E-state index contributed by atoms with van der Waals surface area (Å²) in [6.07, 6.45) is 2.43. The quantitative estimate of drug-likeness (QED) is 0.842. The summed E-state index contributed by atoms with van der Waals surface area (Å²) in [4.78, 5) is 22.9. The van der Waals surface area contributed by atoms with Gasteiger partial charge in [-0.2, -0.15) is 0 Å². The van der Waals surface area contributed by atoms with Crippen LogP contribution in [0.15, 0.2) is 48.5 Å². The van der Waals surface area contributed by atoms with Crippen molar-refractivity contribution in [1.29, 1.82) is 0 Å². The molecule has 1 amide bonds. The monoisotopic (exact) mass is 319 g/mol. The second-order valence-corrected chi connectivity index (χ2v) is 4.78. The Labute approximate surface area is 130 Å². The van der Waals surface area contributed by atoms with E-state index in [4.69, 9.17) is 16.7 Å². The molecule has 0 unspecified atom stereocenters. The van der Waals surface area contributed by atoms with Gasteiger partial charge in [0.05, 0.1) is 11.3 Å². The molecule has 0 aliphatic heterocycles. The van der Waals surface area contributed by atoms with Crippen molar-refractivity contribution in [2.75, 3.05) is 5.32 Å². The van der Waals surface area contributed by atoms with Crippen LogP contribution in [-0.2, 0) is 4.79 Å². The van der Waals surface area contributed by atoms with E-state index in [2.05, 4.69) is 5.32 Å². The normalized spacial score (nSPS) is 10.6. The molecule has 0 aliphatic rings. The highest BCUT2D eigenvalue weighted by Gasteiger charge is 2.12. The van der Waals surface area contributed by atoms with E-state index in [1.807, 2.05) is 0 Å². The smallest absolute Gasteiger partial charge is 0.337 e. The van der Waals surface area contributed by atoms with Gasteiger partial charge in [-0.15, -0.1) is 0 Å². The van der Waals surface area contributed by atoms with Gasteiger partial charge in [-0.05, 0) is 30.3 Å². The van der Waals surface area contributed by atoms with Crippen LogP contribution in [0.2, 0.25) is 5.02 Å². The first kappa shape index (κ1) is 15.7. The molecule has 0 saturated heterocycles. The molecule has 0 atom stereocenters. The van der Waals surface area contributed by atoms with Crippen LogP contribution in [0.4, 0.5) is 10.1 Å². The van der Waals surface area contributed by atoms with Gasteiger partial charge in [0.1, 0.15) is 5.82 Å². The predicted molar refractivity (Wildman–Crippen MR) is 82.5 cm³/mol. The van der Waals surface area contributed by atoms with Crippen LogP contribution >= 0.6 is 11.6 Å². The van der Waals surface area contributed by atoms with Crippen LogP contribution in [0, 0.1) is 5.82 Å². The first-order valence-electron chi connectivity index (χ1n) is 6.24. The highest BCUT2D eigenvalue weighted by atomic mass is 35.5. The molecular formula is C16H11ClFNO3. The van der Waals surface area contributed by atoms with Crippen molar-refractivity contribution in [3.8, 4) is 0 Å². The second kappa shape index (κ2) is 6.87. The van der Waals surface area contributed by atoms with Gasteiger partial charge in [0, 0.05) is 16.7 Å². The third-order valence-corrected chi connectivity index (χ3v) is 3.02. The molecule has 0 radical (unpaired) electrons. The SMILES string of the molecule is O=C(C=Cc1ccccc1F)Nc1ccc(Cl)cc1C(=O)O. The van der Waals surface area contributed by atoms with Crippen LogP contribution in [0.3, 0.4) is 0 Å². The van der Waals surface area contributed by atoms with Crippen molar-refractivity contribution in [1.82, 2.24) is 0 Å². The van der Waals surface area contributed by atoms with Gasteiger partial charge >= 0.3 is 5.97 Å². The Balaban J connectivity index is 2.16. The summed E-state index contributed by atoms with van der Waals surface area (Å²) < 4.78 is 13.4. The van der Waals surface area contributed by atoms with Crippen molar-refractivity contribution in [3.63, 3.8) is 0 Å². The van der Waals surface area contributed by atoms with E-state index in [0.717, 1.165) is 6.08 Å². The summed E-state index contributed by atoms with van der Waals surface area (Å²) in [7, 11) is 0. The number of aromatic carboxylic acids is 1. The van der Waals surface area contributed by atoms with Gasteiger partial charge in [-0.1, -0.05) is 29.8 Å². The number of carboxylic acid groups (broad SMARTS) is 1. The lowest BCUT2D eigenvalue weighted by Crippen LogP contribution is -2.12. The van der Waals surface area contributed by atoms with E-state index in [0.29, 0.717) is 0 Å². The molecule has 22 heavy (non-hydrogen) atoms. The molecule has 4 nitrogen and oxygen atoms in total. The minimum Gasteiger partial charge on any atom is -0.478 e. The van der Waals surface area contributed by atoms with Gasteiger partial charge in [0.25, 0.3) is 0 Å². The first-order valence-corrected chi connectivity index (χ1v) is 6.61. The third-order valence-electron chi connectivity index (χ3n) is 2.79. The van der Waals surface area contributed by atoms with Crippen molar-refractivity contribution in [2.24, 2.45) is 0 Å². The number of hydrogen-bond acceptors (Lipinski definition) is 2. The minimum absolute atomic E-state index is 0.111. The predicted octanol–water partition coefficient (Wildman–Crippen LogP) is 3.83. The largest absolute Gasteiger partial charge is 0.478 e. The van der Waals surface area contributed by atoms with Gasteiger partial charge in [-0.3, -0.25) is 4.79 Å². The van der Waals surface area contributed by atoms with Crippen molar-refractivity contribution in [3.05, 3.63) is 70.5 Å². The number of carbonyl (C=O) groups excluding carboxylic acids is 1. The molecular weight excluding hydrogens is 309 g/mol. The molecule has 0 aromatic heterocycles. The topological polar surface area (TPSA) is 66.4 Å². The number of anilines is 1. The molecule has 0 aliphatic carbocycles. The Hall–Kier alpha value is -2.66. The average Bonchev–Trinajstić information content (AvgIpc) is 2.48. The maximum absolute atomic E-state index is 13.4. The summed E-state index contributed by atoms with van der Waals surface area (Å²) in [5, 5.41) is 11.7. The van der Waals surface area contributed by atoms with Gasteiger partial charge in [0.2, 0.25) is 5.91 Å². The maximum Gasteiger partial charge on any atom is 0.337 e. The van der Waals surface area contributed by atoms with Gasteiger partial charge in [-0.25, -0.2) is 9.18 Å². The van der Waals surface area contributed by atoms with E-state index >= 15 is 0 Å². The number of carbonyl (C=O) groups is 2. The molecule has 0 bridgehead atoms. The number of halogens is 2. The van der Waals surface area contributed by atoms with E-state index in [9.17, 15) is 14.0 Å². The van der Waals surface area contributed by atoms with E-state index in [-0.39, 0.29) is 21.8 Å². The van der Waals surface area contributed by atoms with Crippen molar-refractivity contribution >= 4 is 35.2 Å². The zero-order chi connectivity index (χ0) is 16.1. The van der Waals surface area contributed by atoms with Crippen LogP contribution in [-0.4, -0.2) is 17.0 Å². The van der Waals surface area contributed by atoms with Crippen LogP contribution in [0.25, 0.3) is 6.08 Å². The summed E-state index contributed by atoms with van der Waals surface area (Å²) >= 11 is 5.72. The lowest BCUT2D eigenvalue weighted by atomic mass is 10.1. The third kappa shape index (κ3) is 3.93. The molecule has 2 aromatic carbocycles. The Morgan fingerprint density at radius 1 is 1.18 bits per heavy atom. The van der Waals surface area contributed by atoms with Gasteiger partial charge in [0.15, 0.2) is 0 Å². The molecule has 0 heterocycles. The fraction of sp³-hybridized carbons (Fsp3) is 0. The summed E-state index contributed by atoms with van der Waals surface area (Å²) in [6.45, 7) is 0. The van der Waals surface area contributed by atoms with Crippen LogP contribution < -0.4 is 5.32 Å². The Bertz CT molecular complexity index is 759.